The van der Waals surface area contributed by atoms with Crippen molar-refractivity contribution >= 4 is 11.8 Å². The summed E-state index contributed by atoms with van der Waals surface area (Å²) < 4.78 is 19.2. The molecule has 0 saturated carbocycles. The molecule has 2 unspecified atom stereocenters. The van der Waals surface area contributed by atoms with Crippen molar-refractivity contribution in [2.45, 2.75) is 26.1 Å². The van der Waals surface area contributed by atoms with Gasteiger partial charge in [0.25, 0.3) is 0 Å². The molecule has 0 radical (unpaired) electrons. The normalized spacial score (nSPS) is 12.1. The van der Waals surface area contributed by atoms with Gasteiger partial charge in [-0.25, -0.2) is 14.2 Å². The molecule has 0 fully saturated rings. The SMILES string of the molecule is [CH2-]OCC(O)COCCN(C)C(C)=O.[CH2-]OCC(O)COCCN(C)C(C)=O.[Rf]. The number of nitrogens with zero attached hydrogens (tertiary/aromatic N) is 2. The molecule has 10 nitrogen and oxygen atoms in total. The van der Waals surface area contributed by atoms with Crippen LogP contribution in [0.1, 0.15) is 13.8 Å². The number of amides is 2. The molecule has 0 aromatic rings. The Bertz CT molecular complexity index is 368. The van der Waals surface area contributed by atoms with Gasteiger partial charge in [0.1, 0.15) is 0 Å². The van der Waals surface area contributed by atoms with E-state index in [4.69, 9.17) is 19.7 Å². The molecule has 0 saturated heterocycles. The molecule has 29 heavy (non-hydrogen) atoms. The smallest absolute Gasteiger partial charge is 0.219 e. The Morgan fingerprint density at radius 2 is 1.10 bits per heavy atom. The molecule has 0 spiro atoms. The molecule has 0 bridgehead atoms. The Morgan fingerprint density at radius 1 is 0.793 bits per heavy atom. The number of hydrogen-bond donors (Lipinski definition) is 2. The van der Waals surface area contributed by atoms with Crippen LogP contribution in [0.15, 0.2) is 0 Å². The van der Waals surface area contributed by atoms with E-state index in [1.165, 1.54) is 13.8 Å². The summed E-state index contributed by atoms with van der Waals surface area (Å²) in [7, 11) is 9.67. The van der Waals surface area contributed by atoms with Gasteiger partial charge in [-0.1, -0.05) is 0 Å². The summed E-state index contributed by atoms with van der Waals surface area (Å²) in [5.41, 5.74) is 0. The zero-order valence-electron chi connectivity index (χ0n) is 18.2. The van der Waals surface area contributed by atoms with Crippen LogP contribution in [0.3, 0.4) is 0 Å². The Morgan fingerprint density at radius 3 is 1.34 bits per heavy atom. The quantitative estimate of drug-likeness (QED) is 0.184. The monoisotopic (exact) mass is 675 g/mol. The van der Waals surface area contributed by atoms with Crippen molar-refractivity contribution in [2.75, 3.05) is 66.8 Å². The molecule has 2 atom stereocenters. The first-order valence-corrected chi connectivity index (χ1v) is 8.84. The van der Waals surface area contributed by atoms with Crippen LogP contribution < -0.4 is 0 Å². The van der Waals surface area contributed by atoms with Crippen molar-refractivity contribution in [3.8, 4) is 0 Å². The van der Waals surface area contributed by atoms with E-state index in [2.05, 4.69) is 23.7 Å². The van der Waals surface area contributed by atoms with Crippen LogP contribution >= 0.6 is 0 Å². The van der Waals surface area contributed by atoms with Gasteiger partial charge in [-0.15, -0.1) is 0 Å². The first-order chi connectivity index (χ1) is 13.1. The molecule has 0 aromatic carbocycles. The fraction of sp³-hybridized carbons (Fsp3) is 0.778. The van der Waals surface area contributed by atoms with Gasteiger partial charge < -0.3 is 39.0 Å². The molecule has 0 rings (SSSR count). The fourth-order valence-corrected chi connectivity index (χ4v) is 1.52. The number of carbonyl (C=O) groups excluding carboxylic acids is 2. The van der Waals surface area contributed by atoms with Crippen LogP contribution in [-0.2, 0) is 28.5 Å². The third-order valence-electron chi connectivity index (χ3n) is 3.46. The van der Waals surface area contributed by atoms with Gasteiger partial charge in [0.2, 0.25) is 11.8 Å². The van der Waals surface area contributed by atoms with Crippen molar-refractivity contribution < 1.29 is 38.7 Å². The molecular weight excluding hydrogens is 639 g/mol. The first kappa shape index (κ1) is 31.4. The number of hydrogen-bond acceptors (Lipinski definition) is 8. The van der Waals surface area contributed by atoms with Crippen molar-refractivity contribution in [3.05, 3.63) is 14.2 Å². The van der Waals surface area contributed by atoms with E-state index in [1.807, 2.05) is 0 Å². The van der Waals surface area contributed by atoms with Gasteiger partial charge in [-0.3, -0.25) is 9.59 Å². The summed E-state index contributed by atoms with van der Waals surface area (Å²) in [6.07, 6.45) is -1.31. The maximum atomic E-state index is 10.8. The first-order valence-electron chi connectivity index (χ1n) is 8.84. The molecule has 0 aliphatic rings. The topological polar surface area (TPSA) is 118 Å². The zero-order valence-corrected chi connectivity index (χ0v) is 24.6. The van der Waals surface area contributed by atoms with E-state index in [1.54, 1.807) is 23.9 Å². The van der Waals surface area contributed by atoms with Gasteiger partial charge in [0.05, 0.1) is 38.6 Å². The minimum Gasteiger partial charge on any atom is -0.553 e. The van der Waals surface area contributed by atoms with Crippen molar-refractivity contribution in [1.82, 2.24) is 9.80 Å². The van der Waals surface area contributed by atoms with Crippen LogP contribution in [0.4, 0.5) is 0 Å². The fourth-order valence-electron chi connectivity index (χ4n) is 1.52. The Balaban J connectivity index is -0.000000451. The van der Waals surface area contributed by atoms with E-state index in [0.29, 0.717) is 26.3 Å². The van der Waals surface area contributed by atoms with E-state index in [0.717, 1.165) is 0 Å². The van der Waals surface area contributed by atoms with Crippen LogP contribution in [0.25, 0.3) is 0 Å². The Hall–Kier alpha value is -2.30. The molecule has 0 aliphatic carbocycles. The second-order valence-corrected chi connectivity index (χ2v) is 6.08. The standard InChI is InChI=1S/2C9H18NO4.Rf/c2*1-8(11)10(2)4-5-14-7-9(12)6-13-3;/h2*9,12H,3-7H2,1-2H3;/q2*-1;. The number of aliphatic hydroxyl groups excluding tert-OH is 2. The van der Waals surface area contributed by atoms with Crippen LogP contribution in [0.2, 0.25) is 0 Å². The number of ether oxygens (including phenoxy) is 4. The molecule has 0 aliphatic heterocycles. The number of aliphatic hydroxyl groups is 2. The molecule has 2 amide bonds. The molecular formula is C18H36N2O8Rf-2. The van der Waals surface area contributed by atoms with Gasteiger partial charge in [-0.2, -0.15) is 0 Å². The summed E-state index contributed by atoms with van der Waals surface area (Å²) in [5.74, 6) is -0.00881. The van der Waals surface area contributed by atoms with Gasteiger partial charge in [0, 0.05) is 54.2 Å². The van der Waals surface area contributed by atoms with Gasteiger partial charge in [0.15, 0.2) is 0 Å². The number of rotatable bonds is 14. The predicted octanol–water partition coefficient (Wildman–Crippen LogP) is -0.699. The second-order valence-electron chi connectivity index (χ2n) is 6.08. The molecule has 11 heteroatoms. The van der Waals surface area contributed by atoms with Crippen LogP contribution in [0.5, 0.6) is 0 Å². The Labute approximate surface area is 168 Å². The van der Waals surface area contributed by atoms with Gasteiger partial charge >= 0.3 is 0 Å². The maximum Gasteiger partial charge on any atom is 0.219 e. The average Bonchev–Trinajstić information content (AvgIpc) is 2.62. The van der Waals surface area contributed by atoms with E-state index >= 15 is 0 Å². The van der Waals surface area contributed by atoms with Crippen molar-refractivity contribution in [2.24, 2.45) is 0 Å². The Kier molecular flexibility index (Phi) is 22.1. The number of carbonyl (C=O) groups is 2. The van der Waals surface area contributed by atoms with Crippen LogP contribution in [-0.4, -0.2) is 111 Å². The van der Waals surface area contributed by atoms with Crippen molar-refractivity contribution in [3.63, 3.8) is 0 Å². The summed E-state index contributed by atoms with van der Waals surface area (Å²) in [4.78, 5) is 24.6. The third kappa shape index (κ3) is 21.9. The minimum absolute atomic E-state index is 0. The van der Waals surface area contributed by atoms with Crippen LogP contribution in [0, 0.1) is 14.2 Å². The number of likely N-dealkylation sites (N-methyl/N-ethyl adjacent to an activating group) is 2. The minimum atomic E-state index is -0.657. The van der Waals surface area contributed by atoms with E-state index in [-0.39, 0.29) is 38.2 Å². The van der Waals surface area contributed by atoms with Gasteiger partial charge in [-0.05, 0) is 0 Å². The summed E-state index contributed by atoms with van der Waals surface area (Å²) >= 11 is 0. The third-order valence-corrected chi connectivity index (χ3v) is 3.46. The molecule has 0 aromatic heterocycles. The molecule has 2 N–H and O–H groups in total. The van der Waals surface area contributed by atoms with Crippen molar-refractivity contribution in [1.29, 1.82) is 0 Å². The van der Waals surface area contributed by atoms with E-state index < -0.39 is 12.2 Å². The van der Waals surface area contributed by atoms with E-state index in [9.17, 15) is 9.59 Å². The summed E-state index contributed by atoms with van der Waals surface area (Å²) in [6, 6.07) is 0. The molecule has 170 valence electrons. The summed E-state index contributed by atoms with van der Waals surface area (Å²) in [5, 5.41) is 18.3. The zero-order chi connectivity index (χ0) is 21.9. The molecule has 0 heterocycles. The summed E-state index contributed by atoms with van der Waals surface area (Å²) in [6.45, 7) is 5.54. The average molecular weight is 675 g/mol. The maximum absolute atomic E-state index is 10.8. The largest absolute Gasteiger partial charge is 0.553 e. The second kappa shape index (κ2) is 20.4. The predicted molar refractivity (Wildman–Crippen MR) is 103 cm³/mol.